The summed E-state index contributed by atoms with van der Waals surface area (Å²) in [4.78, 5) is 9.78. The Hall–Kier alpha value is -4.53. The first-order valence-corrected chi connectivity index (χ1v) is 14.8. The van der Waals surface area contributed by atoms with Crippen molar-refractivity contribution >= 4 is 21.2 Å². The van der Waals surface area contributed by atoms with Crippen LogP contribution in [-0.2, 0) is 23.4 Å². The van der Waals surface area contributed by atoms with Crippen LogP contribution in [0.5, 0.6) is 0 Å². The van der Waals surface area contributed by atoms with Gasteiger partial charge >= 0.3 is 0 Å². The van der Waals surface area contributed by atoms with E-state index in [9.17, 15) is 13.7 Å². The van der Waals surface area contributed by atoms with Crippen molar-refractivity contribution in [1.82, 2.24) is 29.3 Å². The Kier molecular flexibility index (Phi) is 6.57. The molecule has 0 saturated carbocycles. The van der Waals surface area contributed by atoms with Crippen molar-refractivity contribution < 1.29 is 8.42 Å². The Morgan fingerprint density at radius 3 is 2.30 bits per heavy atom. The first-order valence-electron chi connectivity index (χ1n) is 12.9. The normalized spacial score (nSPS) is 14.5. The van der Waals surface area contributed by atoms with E-state index in [0.717, 1.165) is 71.9 Å². The van der Waals surface area contributed by atoms with Crippen molar-refractivity contribution in [2.45, 2.75) is 11.4 Å². The van der Waals surface area contributed by atoms with Crippen molar-refractivity contribution in [1.29, 1.82) is 5.26 Å². The summed E-state index contributed by atoms with van der Waals surface area (Å²) in [6.45, 7) is 4.23. The molecule has 0 radical (unpaired) electrons. The number of fused-ring (bicyclic) bond motifs is 1. The maximum Gasteiger partial charge on any atom is 0.175 e. The average Bonchev–Trinajstić information content (AvgIpc) is 3.59. The second kappa shape index (κ2) is 10.2. The number of nitriles is 1. The molecule has 1 saturated heterocycles. The van der Waals surface area contributed by atoms with E-state index in [-0.39, 0.29) is 0 Å². The van der Waals surface area contributed by atoms with Gasteiger partial charge in [0.05, 0.1) is 28.4 Å². The summed E-state index contributed by atoms with van der Waals surface area (Å²) in [6, 6.07) is 15.5. The molecule has 1 fully saturated rings. The molecular formula is C29H28N8O2S. The second-order valence-corrected chi connectivity index (χ2v) is 12.1. The van der Waals surface area contributed by atoms with E-state index >= 15 is 0 Å². The van der Waals surface area contributed by atoms with Gasteiger partial charge < -0.3 is 4.90 Å². The minimum atomic E-state index is -3.19. The molecule has 0 aliphatic carbocycles. The van der Waals surface area contributed by atoms with Crippen LogP contribution in [0.3, 0.4) is 0 Å². The van der Waals surface area contributed by atoms with Gasteiger partial charge in [0.2, 0.25) is 0 Å². The van der Waals surface area contributed by atoms with Gasteiger partial charge in [0.25, 0.3) is 0 Å². The van der Waals surface area contributed by atoms with E-state index < -0.39 is 9.84 Å². The fourth-order valence-corrected chi connectivity index (χ4v) is 5.75. The molecule has 11 heteroatoms. The standard InChI is InChI=1S/C29H28N8O2S/c1-34-19-25(17-32-34)23-13-27(29-24(14-30)16-33-37(29)20-23)22-5-8-28(31-15-22)36-11-9-35(10-12-36)18-21-3-6-26(7-4-21)40(2,38)39/h3-8,13,15-17,19-20H,9-12,18H2,1-2H3. The minimum Gasteiger partial charge on any atom is -0.354 e. The predicted octanol–water partition coefficient (Wildman–Crippen LogP) is 3.39. The molecule has 0 unspecified atom stereocenters. The lowest BCUT2D eigenvalue weighted by atomic mass is 10.0. The molecule has 1 aliphatic heterocycles. The largest absolute Gasteiger partial charge is 0.354 e. The lowest BCUT2D eigenvalue weighted by Gasteiger charge is -2.35. The minimum absolute atomic E-state index is 0.345. The number of nitrogens with zero attached hydrogens (tertiary/aromatic N) is 8. The Balaban J connectivity index is 1.18. The van der Waals surface area contributed by atoms with Crippen LogP contribution in [0.15, 0.2) is 78.3 Å². The predicted molar refractivity (Wildman–Crippen MR) is 152 cm³/mol. The molecule has 5 heterocycles. The number of benzene rings is 1. The van der Waals surface area contributed by atoms with Gasteiger partial charge in [-0.15, -0.1) is 0 Å². The third kappa shape index (κ3) is 5.06. The van der Waals surface area contributed by atoms with Crippen LogP contribution < -0.4 is 4.90 Å². The van der Waals surface area contributed by atoms with Crippen LogP contribution >= 0.6 is 0 Å². The smallest absolute Gasteiger partial charge is 0.175 e. The molecule has 1 aliphatic rings. The zero-order chi connectivity index (χ0) is 27.9. The van der Waals surface area contributed by atoms with Gasteiger partial charge in [-0.2, -0.15) is 15.5 Å². The van der Waals surface area contributed by atoms with Gasteiger partial charge in [-0.3, -0.25) is 9.58 Å². The number of sulfone groups is 1. The Bertz CT molecular complexity index is 1830. The van der Waals surface area contributed by atoms with Gasteiger partial charge in [0, 0.05) is 86.9 Å². The average molecular weight is 553 g/mol. The molecule has 5 aromatic rings. The molecule has 202 valence electrons. The van der Waals surface area contributed by atoms with Crippen LogP contribution in [0.1, 0.15) is 11.1 Å². The van der Waals surface area contributed by atoms with Crippen LogP contribution in [0.2, 0.25) is 0 Å². The van der Waals surface area contributed by atoms with Crippen molar-refractivity contribution in [2.75, 3.05) is 37.3 Å². The molecule has 0 atom stereocenters. The number of piperazine rings is 1. The molecule has 0 spiro atoms. The molecule has 40 heavy (non-hydrogen) atoms. The quantitative estimate of drug-likeness (QED) is 0.315. The number of pyridine rings is 2. The van der Waals surface area contributed by atoms with Crippen LogP contribution in [0.4, 0.5) is 5.82 Å². The Morgan fingerprint density at radius 2 is 1.68 bits per heavy atom. The zero-order valence-corrected chi connectivity index (χ0v) is 23.1. The summed E-state index contributed by atoms with van der Waals surface area (Å²) in [5, 5.41) is 18.4. The molecule has 0 bridgehead atoms. The zero-order valence-electron chi connectivity index (χ0n) is 22.3. The van der Waals surface area contributed by atoms with E-state index in [0.29, 0.717) is 10.5 Å². The molecule has 0 N–H and O–H groups in total. The Labute approximate surface area is 232 Å². The lowest BCUT2D eigenvalue weighted by molar-refractivity contribution is 0.249. The SMILES string of the molecule is Cn1cc(-c2cc(-c3ccc(N4CCN(Cc5ccc(S(C)(=O)=O)cc5)CC4)nc3)c3c(C#N)cnn3c2)cn1. The van der Waals surface area contributed by atoms with Gasteiger partial charge in [0.1, 0.15) is 11.9 Å². The van der Waals surface area contributed by atoms with Crippen LogP contribution in [-0.4, -0.2) is 70.1 Å². The molecule has 4 aromatic heterocycles. The van der Waals surface area contributed by atoms with E-state index in [1.165, 1.54) is 6.26 Å². The van der Waals surface area contributed by atoms with Gasteiger partial charge in [-0.25, -0.2) is 17.9 Å². The number of anilines is 1. The highest BCUT2D eigenvalue weighted by Gasteiger charge is 2.20. The third-order valence-corrected chi connectivity index (χ3v) is 8.41. The summed E-state index contributed by atoms with van der Waals surface area (Å²) in [7, 11) is -1.31. The fourth-order valence-electron chi connectivity index (χ4n) is 5.12. The van der Waals surface area contributed by atoms with Crippen molar-refractivity contribution in [3.8, 4) is 28.3 Å². The number of aryl methyl sites for hydroxylation is 1. The van der Waals surface area contributed by atoms with Crippen molar-refractivity contribution in [3.63, 3.8) is 0 Å². The van der Waals surface area contributed by atoms with Crippen molar-refractivity contribution in [2.24, 2.45) is 7.05 Å². The molecule has 6 rings (SSSR count). The summed E-state index contributed by atoms with van der Waals surface area (Å²) in [5.41, 5.74) is 6.08. The van der Waals surface area contributed by atoms with Crippen LogP contribution in [0, 0.1) is 11.3 Å². The van der Waals surface area contributed by atoms with Crippen molar-refractivity contribution in [3.05, 3.63) is 84.6 Å². The molecule has 1 aromatic carbocycles. The Morgan fingerprint density at radius 1 is 0.900 bits per heavy atom. The number of aromatic nitrogens is 5. The van der Waals surface area contributed by atoms with Gasteiger partial charge in [-0.1, -0.05) is 12.1 Å². The van der Waals surface area contributed by atoms with E-state index in [1.54, 1.807) is 27.5 Å². The van der Waals surface area contributed by atoms with E-state index in [4.69, 9.17) is 4.98 Å². The van der Waals surface area contributed by atoms with E-state index in [2.05, 4.69) is 38.2 Å². The monoisotopic (exact) mass is 552 g/mol. The summed E-state index contributed by atoms with van der Waals surface area (Å²) in [5.74, 6) is 0.911. The van der Waals surface area contributed by atoms with Gasteiger partial charge in [0.15, 0.2) is 9.84 Å². The molecule has 0 amide bonds. The molecule has 10 nitrogen and oxygen atoms in total. The summed E-state index contributed by atoms with van der Waals surface area (Å²) in [6.07, 6.45) is 10.4. The second-order valence-electron chi connectivity index (χ2n) is 10.1. The van der Waals surface area contributed by atoms with Gasteiger partial charge in [-0.05, 0) is 35.9 Å². The number of hydrogen-bond donors (Lipinski definition) is 0. The summed E-state index contributed by atoms with van der Waals surface area (Å²) >= 11 is 0. The third-order valence-electron chi connectivity index (χ3n) is 7.28. The number of rotatable bonds is 6. The first-order chi connectivity index (χ1) is 19.3. The van der Waals surface area contributed by atoms with E-state index in [1.807, 2.05) is 50.0 Å². The highest BCUT2D eigenvalue weighted by molar-refractivity contribution is 7.90. The number of hydrogen-bond acceptors (Lipinski definition) is 8. The molecular weight excluding hydrogens is 524 g/mol. The highest BCUT2D eigenvalue weighted by atomic mass is 32.2. The lowest BCUT2D eigenvalue weighted by Crippen LogP contribution is -2.46. The maximum atomic E-state index is 11.7. The fraction of sp³-hybridized carbons (Fsp3) is 0.241. The maximum absolute atomic E-state index is 11.7. The first kappa shape index (κ1) is 25.7. The topological polar surface area (TPSA) is 112 Å². The van der Waals surface area contributed by atoms with Crippen LogP contribution in [0.25, 0.3) is 27.8 Å². The summed E-state index contributed by atoms with van der Waals surface area (Å²) < 4.78 is 26.9. The highest BCUT2D eigenvalue weighted by Crippen LogP contribution is 2.32.